The molecule has 1 heterocycles. The monoisotopic (exact) mass is 373 g/mol. The van der Waals surface area contributed by atoms with Crippen LogP contribution in [0.2, 0.25) is 0 Å². The van der Waals surface area contributed by atoms with Gasteiger partial charge in [-0.05, 0) is 56.3 Å². The summed E-state index contributed by atoms with van der Waals surface area (Å²) in [6.45, 7) is 4.92. The molecule has 0 spiro atoms. The van der Waals surface area contributed by atoms with E-state index in [4.69, 9.17) is 15.9 Å². The summed E-state index contributed by atoms with van der Waals surface area (Å²) in [5.41, 5.74) is 0.0404. The Morgan fingerprint density at radius 3 is 2.50 bits per heavy atom. The molecule has 26 heavy (non-hydrogen) atoms. The van der Waals surface area contributed by atoms with Gasteiger partial charge in [-0.15, -0.1) is 6.42 Å². The highest BCUT2D eigenvalue weighted by atomic mass is 32.2. The normalized spacial score (nSPS) is 15.9. The van der Waals surface area contributed by atoms with Gasteiger partial charge in [0.1, 0.15) is 24.5 Å². The molecule has 0 bridgehead atoms. The molecule has 0 saturated carbocycles. The second-order valence-electron chi connectivity index (χ2n) is 6.42. The molecule has 2 rings (SSSR count). The van der Waals surface area contributed by atoms with Crippen molar-refractivity contribution < 1.29 is 23.9 Å². The second-order valence-corrected chi connectivity index (χ2v) is 7.41. The average molecular weight is 373 g/mol. The van der Waals surface area contributed by atoms with Crippen LogP contribution in [0.3, 0.4) is 0 Å². The summed E-state index contributed by atoms with van der Waals surface area (Å²) in [7, 11) is 0. The molecule has 0 N–H and O–H groups in total. The molecule has 0 unspecified atom stereocenters. The summed E-state index contributed by atoms with van der Waals surface area (Å²) >= 11 is 0.788. The van der Waals surface area contributed by atoms with E-state index in [1.807, 2.05) is 0 Å². The molecule has 0 atom stereocenters. The van der Waals surface area contributed by atoms with Crippen molar-refractivity contribution in [2.24, 2.45) is 0 Å². The minimum atomic E-state index is -0.683. The predicted molar refractivity (Wildman–Crippen MR) is 99.3 cm³/mol. The average Bonchev–Trinajstić information content (AvgIpc) is 2.80. The SMILES string of the molecule is C#CCOc1ccc(/C=C2/SC(=O)N(CC(=O)OC(C)(C)C)C2=O)cc1. The Hall–Kier alpha value is -2.72. The first-order valence-corrected chi connectivity index (χ1v) is 8.65. The lowest BCUT2D eigenvalue weighted by atomic mass is 10.2. The van der Waals surface area contributed by atoms with Crippen molar-refractivity contribution >= 4 is 35.0 Å². The number of carbonyl (C=O) groups is 3. The number of amides is 2. The van der Waals surface area contributed by atoms with Crippen LogP contribution >= 0.6 is 11.8 Å². The molecule has 0 radical (unpaired) electrons. The van der Waals surface area contributed by atoms with Gasteiger partial charge in [-0.2, -0.15) is 0 Å². The van der Waals surface area contributed by atoms with Crippen molar-refractivity contribution in [1.82, 2.24) is 4.90 Å². The number of esters is 1. The molecule has 1 fully saturated rings. The van der Waals surface area contributed by atoms with E-state index in [2.05, 4.69) is 5.92 Å². The molecule has 1 aliphatic rings. The van der Waals surface area contributed by atoms with Crippen molar-refractivity contribution in [3.05, 3.63) is 34.7 Å². The Labute approximate surface area is 156 Å². The van der Waals surface area contributed by atoms with Gasteiger partial charge < -0.3 is 9.47 Å². The number of rotatable bonds is 5. The van der Waals surface area contributed by atoms with Gasteiger partial charge in [0.15, 0.2) is 0 Å². The predicted octanol–water partition coefficient (Wildman–Crippen LogP) is 3.08. The summed E-state index contributed by atoms with van der Waals surface area (Å²) in [5.74, 6) is 1.84. The second kappa shape index (κ2) is 8.11. The number of thioether (sulfide) groups is 1. The number of hydrogen-bond acceptors (Lipinski definition) is 6. The smallest absolute Gasteiger partial charge is 0.326 e. The van der Waals surface area contributed by atoms with Crippen molar-refractivity contribution in [3.63, 3.8) is 0 Å². The molecule has 6 nitrogen and oxygen atoms in total. The third-order valence-electron chi connectivity index (χ3n) is 3.08. The Morgan fingerprint density at radius 2 is 1.92 bits per heavy atom. The molecule has 1 aromatic rings. The number of carbonyl (C=O) groups excluding carboxylic acids is 3. The van der Waals surface area contributed by atoms with Crippen LogP contribution in [-0.4, -0.2) is 40.8 Å². The quantitative estimate of drug-likeness (QED) is 0.449. The number of terminal acetylenes is 1. The molecule has 0 aliphatic carbocycles. The van der Waals surface area contributed by atoms with Gasteiger partial charge in [0.25, 0.3) is 11.1 Å². The Kier molecular flexibility index (Phi) is 6.11. The zero-order chi connectivity index (χ0) is 19.3. The third kappa shape index (κ3) is 5.39. The Balaban J connectivity index is 2.06. The van der Waals surface area contributed by atoms with Gasteiger partial charge in [-0.3, -0.25) is 19.3 Å². The number of hydrogen-bond donors (Lipinski definition) is 0. The first-order chi connectivity index (χ1) is 12.2. The molecular weight excluding hydrogens is 354 g/mol. The first kappa shape index (κ1) is 19.6. The van der Waals surface area contributed by atoms with Gasteiger partial charge in [0, 0.05) is 0 Å². The molecule has 1 aromatic carbocycles. The number of benzene rings is 1. The van der Waals surface area contributed by atoms with Crippen LogP contribution in [0.1, 0.15) is 26.3 Å². The van der Waals surface area contributed by atoms with E-state index in [9.17, 15) is 14.4 Å². The van der Waals surface area contributed by atoms with Crippen LogP contribution in [0.25, 0.3) is 6.08 Å². The van der Waals surface area contributed by atoms with Gasteiger partial charge in [0.05, 0.1) is 4.91 Å². The molecule has 0 aromatic heterocycles. The maximum absolute atomic E-state index is 12.4. The fraction of sp³-hybridized carbons (Fsp3) is 0.316. The minimum absolute atomic E-state index is 0.170. The zero-order valence-electron chi connectivity index (χ0n) is 14.8. The maximum Gasteiger partial charge on any atom is 0.326 e. The highest BCUT2D eigenvalue weighted by molar-refractivity contribution is 8.18. The zero-order valence-corrected chi connectivity index (χ0v) is 15.6. The van der Waals surface area contributed by atoms with E-state index >= 15 is 0 Å². The lowest BCUT2D eigenvalue weighted by Crippen LogP contribution is -2.37. The first-order valence-electron chi connectivity index (χ1n) is 7.83. The molecular formula is C19H19NO5S. The summed E-state index contributed by atoms with van der Waals surface area (Å²) in [6, 6.07) is 6.92. The van der Waals surface area contributed by atoms with E-state index in [0.29, 0.717) is 5.75 Å². The summed E-state index contributed by atoms with van der Waals surface area (Å²) < 4.78 is 10.4. The lowest BCUT2D eigenvalue weighted by Gasteiger charge is -2.21. The van der Waals surface area contributed by atoms with Gasteiger partial charge in [-0.25, -0.2) is 0 Å². The summed E-state index contributed by atoms with van der Waals surface area (Å²) in [6.07, 6.45) is 6.72. The molecule has 136 valence electrons. The maximum atomic E-state index is 12.4. The third-order valence-corrected chi connectivity index (χ3v) is 3.99. The van der Waals surface area contributed by atoms with E-state index in [1.54, 1.807) is 51.1 Å². The molecule has 2 amide bonds. The van der Waals surface area contributed by atoms with Crippen LogP contribution in [0, 0.1) is 12.3 Å². The fourth-order valence-electron chi connectivity index (χ4n) is 2.08. The van der Waals surface area contributed by atoms with Crippen molar-refractivity contribution in [2.75, 3.05) is 13.2 Å². The summed E-state index contributed by atoms with van der Waals surface area (Å²) in [5, 5.41) is -0.499. The Morgan fingerprint density at radius 1 is 1.27 bits per heavy atom. The van der Waals surface area contributed by atoms with Crippen molar-refractivity contribution in [1.29, 1.82) is 0 Å². The Bertz CT molecular complexity index is 784. The van der Waals surface area contributed by atoms with Crippen molar-refractivity contribution in [3.8, 4) is 18.1 Å². The van der Waals surface area contributed by atoms with Crippen molar-refractivity contribution in [2.45, 2.75) is 26.4 Å². The van der Waals surface area contributed by atoms with Crippen LogP contribution in [-0.2, 0) is 14.3 Å². The molecule has 7 heteroatoms. The van der Waals surface area contributed by atoms with Crippen LogP contribution in [0.15, 0.2) is 29.2 Å². The topological polar surface area (TPSA) is 72.9 Å². The minimum Gasteiger partial charge on any atom is -0.481 e. The van der Waals surface area contributed by atoms with Crippen LogP contribution in [0.4, 0.5) is 4.79 Å². The number of nitrogens with zero attached hydrogens (tertiary/aromatic N) is 1. The molecule has 1 saturated heterocycles. The standard InChI is InChI=1S/C19H19NO5S/c1-5-10-24-14-8-6-13(7-9-14)11-15-17(22)20(18(23)26-15)12-16(21)25-19(2,3)4/h1,6-9,11H,10,12H2,2-4H3/b15-11+. The van der Waals surface area contributed by atoms with E-state index in [0.717, 1.165) is 22.2 Å². The molecule has 1 aliphatic heterocycles. The lowest BCUT2D eigenvalue weighted by molar-refractivity contribution is -0.156. The fourth-order valence-corrected chi connectivity index (χ4v) is 2.91. The summed E-state index contributed by atoms with van der Waals surface area (Å²) in [4.78, 5) is 37.4. The number of ether oxygens (including phenoxy) is 2. The van der Waals surface area contributed by atoms with Gasteiger partial charge in [-0.1, -0.05) is 18.1 Å². The highest BCUT2D eigenvalue weighted by Gasteiger charge is 2.37. The van der Waals surface area contributed by atoms with Gasteiger partial charge in [0.2, 0.25) is 0 Å². The van der Waals surface area contributed by atoms with Gasteiger partial charge >= 0.3 is 5.97 Å². The van der Waals surface area contributed by atoms with Crippen LogP contribution in [0.5, 0.6) is 5.75 Å². The van der Waals surface area contributed by atoms with E-state index in [1.165, 1.54) is 0 Å². The van der Waals surface area contributed by atoms with E-state index < -0.39 is 29.3 Å². The largest absolute Gasteiger partial charge is 0.481 e. The van der Waals surface area contributed by atoms with Crippen LogP contribution < -0.4 is 4.74 Å². The van der Waals surface area contributed by atoms with E-state index in [-0.39, 0.29) is 11.5 Å². The highest BCUT2D eigenvalue weighted by Crippen LogP contribution is 2.32. The number of imide groups is 1.